The van der Waals surface area contributed by atoms with Gasteiger partial charge in [0.05, 0.1) is 10.8 Å². The van der Waals surface area contributed by atoms with Crippen LogP contribution in [0.5, 0.6) is 0 Å². The number of carbonyl (C=O) groups excluding carboxylic acids is 2. The lowest BCUT2D eigenvalue weighted by atomic mass is 10.00. The van der Waals surface area contributed by atoms with Gasteiger partial charge < -0.3 is 10.1 Å². The number of piperidine rings is 1. The molecule has 1 aliphatic rings. The number of aryl methyl sites for hydroxylation is 1. The SMILES string of the molecule is Cc1ccc(CNC(=O)COC(=O)C2CCCN(S(=O)(=O)c3ccc(F)cc3)C2)cc1F. The van der Waals surface area contributed by atoms with Gasteiger partial charge in [-0.25, -0.2) is 17.2 Å². The van der Waals surface area contributed by atoms with Gasteiger partial charge in [-0.2, -0.15) is 4.31 Å². The Balaban J connectivity index is 1.50. The summed E-state index contributed by atoms with van der Waals surface area (Å²) >= 11 is 0. The van der Waals surface area contributed by atoms with Crippen LogP contribution in [0.1, 0.15) is 24.0 Å². The number of rotatable bonds is 7. The molecule has 1 fully saturated rings. The molecule has 2 aromatic rings. The molecule has 0 saturated carbocycles. The molecule has 1 saturated heterocycles. The molecule has 0 spiro atoms. The summed E-state index contributed by atoms with van der Waals surface area (Å²) in [7, 11) is -3.87. The number of hydrogen-bond donors (Lipinski definition) is 1. The van der Waals surface area contributed by atoms with E-state index in [0.29, 0.717) is 24.0 Å². The summed E-state index contributed by atoms with van der Waals surface area (Å²) in [6.45, 7) is 1.35. The zero-order valence-corrected chi connectivity index (χ0v) is 18.3. The lowest BCUT2D eigenvalue weighted by molar-refractivity contribution is -0.153. The van der Waals surface area contributed by atoms with Crippen molar-refractivity contribution in [3.05, 3.63) is 65.2 Å². The molecular formula is C22H24F2N2O5S. The van der Waals surface area contributed by atoms with Crippen LogP contribution in [0, 0.1) is 24.5 Å². The zero-order valence-electron chi connectivity index (χ0n) is 17.5. The van der Waals surface area contributed by atoms with Gasteiger partial charge in [0.25, 0.3) is 5.91 Å². The summed E-state index contributed by atoms with van der Waals surface area (Å²) in [5.41, 5.74) is 1.07. The van der Waals surface area contributed by atoms with Crippen LogP contribution in [0.25, 0.3) is 0 Å². The van der Waals surface area contributed by atoms with Crippen LogP contribution >= 0.6 is 0 Å². The Labute approximate surface area is 185 Å². The first-order valence-electron chi connectivity index (χ1n) is 10.1. The Morgan fingerprint density at radius 1 is 1.16 bits per heavy atom. The van der Waals surface area contributed by atoms with E-state index in [9.17, 15) is 26.8 Å². The fraction of sp³-hybridized carbons (Fsp3) is 0.364. The van der Waals surface area contributed by atoms with Crippen molar-refractivity contribution >= 4 is 21.9 Å². The Hall–Kier alpha value is -2.85. The third-order valence-corrected chi connectivity index (χ3v) is 7.12. The Morgan fingerprint density at radius 2 is 1.88 bits per heavy atom. The van der Waals surface area contributed by atoms with Crippen molar-refractivity contribution in [2.45, 2.75) is 31.2 Å². The van der Waals surface area contributed by atoms with Gasteiger partial charge in [0, 0.05) is 19.6 Å². The normalized spacial score (nSPS) is 17.0. The van der Waals surface area contributed by atoms with Gasteiger partial charge >= 0.3 is 5.97 Å². The molecule has 1 unspecified atom stereocenters. The Bertz CT molecular complexity index is 1090. The number of carbonyl (C=O) groups is 2. The number of hydrogen-bond acceptors (Lipinski definition) is 5. The second-order valence-corrected chi connectivity index (χ2v) is 9.56. The number of benzene rings is 2. The molecule has 172 valence electrons. The van der Waals surface area contributed by atoms with E-state index in [-0.39, 0.29) is 30.3 Å². The van der Waals surface area contributed by atoms with Gasteiger partial charge in [-0.1, -0.05) is 12.1 Å². The molecule has 32 heavy (non-hydrogen) atoms. The molecule has 0 radical (unpaired) electrons. The molecule has 3 rings (SSSR count). The molecule has 1 amide bonds. The van der Waals surface area contributed by atoms with Gasteiger partial charge in [0.2, 0.25) is 10.0 Å². The smallest absolute Gasteiger partial charge is 0.310 e. The lowest BCUT2D eigenvalue weighted by Crippen LogP contribution is -2.43. The molecular weight excluding hydrogens is 442 g/mol. The fourth-order valence-corrected chi connectivity index (χ4v) is 4.89. The highest BCUT2D eigenvalue weighted by molar-refractivity contribution is 7.89. The van der Waals surface area contributed by atoms with Crippen molar-refractivity contribution in [3.63, 3.8) is 0 Å². The second-order valence-electron chi connectivity index (χ2n) is 7.62. The molecule has 0 aromatic heterocycles. The maximum atomic E-state index is 13.6. The second kappa shape index (κ2) is 10.2. The average Bonchev–Trinajstić information content (AvgIpc) is 2.78. The number of nitrogens with zero attached hydrogens (tertiary/aromatic N) is 1. The van der Waals surface area contributed by atoms with Crippen LogP contribution in [-0.4, -0.2) is 44.3 Å². The predicted octanol–water partition coefficient (Wildman–Crippen LogP) is 2.53. The lowest BCUT2D eigenvalue weighted by Gasteiger charge is -2.30. The zero-order chi connectivity index (χ0) is 23.3. The van der Waals surface area contributed by atoms with Crippen molar-refractivity contribution < 1.29 is 31.5 Å². The first-order chi connectivity index (χ1) is 15.2. The highest BCUT2D eigenvalue weighted by Crippen LogP contribution is 2.24. The molecule has 10 heteroatoms. The van der Waals surface area contributed by atoms with E-state index in [0.717, 1.165) is 12.1 Å². The van der Waals surface area contributed by atoms with E-state index < -0.39 is 40.2 Å². The van der Waals surface area contributed by atoms with E-state index in [1.807, 2.05) is 0 Å². The summed E-state index contributed by atoms with van der Waals surface area (Å²) in [6.07, 6.45) is 0.879. The summed E-state index contributed by atoms with van der Waals surface area (Å²) in [5.74, 6) is -2.85. The van der Waals surface area contributed by atoms with Crippen molar-refractivity contribution in [1.29, 1.82) is 0 Å². The van der Waals surface area contributed by atoms with Gasteiger partial charge in [-0.05, 0) is 61.2 Å². The highest BCUT2D eigenvalue weighted by Gasteiger charge is 2.34. The summed E-state index contributed by atoms with van der Waals surface area (Å²) in [4.78, 5) is 24.3. The quantitative estimate of drug-likeness (QED) is 0.633. The summed E-state index contributed by atoms with van der Waals surface area (Å²) in [5, 5.41) is 2.54. The molecule has 7 nitrogen and oxygen atoms in total. The van der Waals surface area contributed by atoms with Gasteiger partial charge in [0.15, 0.2) is 6.61 Å². The van der Waals surface area contributed by atoms with Gasteiger partial charge in [-0.3, -0.25) is 9.59 Å². The van der Waals surface area contributed by atoms with E-state index in [1.165, 1.54) is 22.5 Å². The van der Waals surface area contributed by atoms with E-state index in [4.69, 9.17) is 4.74 Å². The largest absolute Gasteiger partial charge is 0.455 e. The number of sulfonamides is 1. The molecule has 1 N–H and O–H groups in total. The maximum absolute atomic E-state index is 13.6. The van der Waals surface area contributed by atoms with Gasteiger partial charge in [0.1, 0.15) is 11.6 Å². The van der Waals surface area contributed by atoms with Crippen molar-refractivity contribution in [1.82, 2.24) is 9.62 Å². The number of esters is 1. The Morgan fingerprint density at radius 3 is 2.56 bits per heavy atom. The number of nitrogens with one attached hydrogen (secondary N) is 1. The summed E-state index contributed by atoms with van der Waals surface area (Å²) < 4.78 is 58.4. The van der Waals surface area contributed by atoms with Crippen LogP contribution in [0.15, 0.2) is 47.4 Å². The standard InChI is InChI=1S/C22H24F2N2O5S/c1-15-4-5-16(11-20(15)24)12-25-21(27)14-31-22(28)17-3-2-10-26(13-17)32(29,30)19-8-6-18(23)7-9-19/h4-9,11,17H,2-3,10,12-14H2,1H3,(H,25,27). The molecule has 2 aromatic carbocycles. The Kier molecular flexibility index (Phi) is 7.57. The molecule has 1 aliphatic heterocycles. The minimum atomic E-state index is -3.87. The average molecular weight is 467 g/mol. The minimum Gasteiger partial charge on any atom is -0.455 e. The van der Waals surface area contributed by atoms with Crippen molar-refractivity contribution in [2.75, 3.05) is 19.7 Å². The minimum absolute atomic E-state index is 0.0557. The van der Waals surface area contributed by atoms with Crippen molar-refractivity contribution in [3.8, 4) is 0 Å². The maximum Gasteiger partial charge on any atom is 0.310 e. The fourth-order valence-electron chi connectivity index (χ4n) is 3.36. The van der Waals surface area contributed by atoms with Crippen LogP contribution in [0.2, 0.25) is 0 Å². The topological polar surface area (TPSA) is 92.8 Å². The number of ether oxygens (including phenoxy) is 1. The van der Waals surface area contributed by atoms with Crippen LogP contribution < -0.4 is 5.32 Å². The van der Waals surface area contributed by atoms with E-state index in [2.05, 4.69) is 5.32 Å². The van der Waals surface area contributed by atoms with E-state index >= 15 is 0 Å². The first kappa shape index (κ1) is 23.8. The molecule has 0 bridgehead atoms. The monoisotopic (exact) mass is 466 g/mol. The van der Waals surface area contributed by atoms with Crippen LogP contribution in [0.4, 0.5) is 8.78 Å². The third-order valence-electron chi connectivity index (χ3n) is 5.24. The van der Waals surface area contributed by atoms with Crippen molar-refractivity contribution in [2.24, 2.45) is 5.92 Å². The number of halogens is 2. The number of amides is 1. The predicted molar refractivity (Wildman–Crippen MR) is 112 cm³/mol. The molecule has 0 aliphatic carbocycles. The highest BCUT2D eigenvalue weighted by atomic mass is 32.2. The first-order valence-corrected chi connectivity index (χ1v) is 11.5. The molecule has 1 atom stereocenters. The third kappa shape index (κ3) is 5.89. The van der Waals surface area contributed by atoms with Crippen LogP contribution in [-0.2, 0) is 30.9 Å². The molecule has 1 heterocycles. The van der Waals surface area contributed by atoms with E-state index in [1.54, 1.807) is 19.1 Å². The van der Waals surface area contributed by atoms with Crippen LogP contribution in [0.3, 0.4) is 0 Å². The van der Waals surface area contributed by atoms with Gasteiger partial charge in [-0.15, -0.1) is 0 Å². The summed E-state index contributed by atoms with van der Waals surface area (Å²) in [6, 6.07) is 9.08.